The van der Waals surface area contributed by atoms with E-state index in [4.69, 9.17) is 11.5 Å². The first-order chi connectivity index (χ1) is 6.79. The molecule has 0 amide bonds. The lowest BCUT2D eigenvalue weighted by Gasteiger charge is -2.15. The van der Waals surface area contributed by atoms with Gasteiger partial charge in [-0.05, 0) is 18.9 Å². The third-order valence-electron chi connectivity index (χ3n) is 2.25. The van der Waals surface area contributed by atoms with E-state index in [2.05, 4.69) is 9.97 Å². The Bertz CT molecular complexity index is 231. The van der Waals surface area contributed by atoms with Crippen molar-refractivity contribution in [3.05, 3.63) is 18.6 Å². The minimum Gasteiger partial charge on any atom is -0.384 e. The van der Waals surface area contributed by atoms with Crippen molar-refractivity contribution in [3.63, 3.8) is 0 Å². The van der Waals surface area contributed by atoms with Gasteiger partial charge < -0.3 is 11.5 Å². The number of aromatic nitrogens is 2. The highest BCUT2D eigenvalue weighted by Crippen LogP contribution is 2.14. The average Bonchev–Trinajstić information content (AvgIpc) is 2.21. The molecule has 1 aliphatic carbocycles. The second-order valence-electron chi connectivity index (χ2n) is 3.53. The summed E-state index contributed by atoms with van der Waals surface area (Å²) in [6.07, 6.45) is 9.67. The van der Waals surface area contributed by atoms with Crippen LogP contribution >= 0.6 is 0 Å². The van der Waals surface area contributed by atoms with Crippen LogP contribution in [0.1, 0.15) is 32.1 Å². The van der Waals surface area contributed by atoms with Crippen LogP contribution in [-0.4, -0.2) is 16.0 Å². The van der Waals surface area contributed by atoms with Gasteiger partial charge in [0.1, 0.15) is 12.1 Å². The third-order valence-corrected chi connectivity index (χ3v) is 2.25. The van der Waals surface area contributed by atoms with Gasteiger partial charge in [0.05, 0.1) is 0 Å². The molecule has 1 heterocycles. The molecule has 0 radical (unpaired) electrons. The lowest BCUT2D eigenvalue weighted by molar-refractivity contribution is 0.441. The van der Waals surface area contributed by atoms with Crippen molar-refractivity contribution >= 4 is 5.82 Å². The monoisotopic (exact) mass is 194 g/mol. The van der Waals surface area contributed by atoms with Gasteiger partial charge in [0.2, 0.25) is 0 Å². The number of anilines is 1. The summed E-state index contributed by atoms with van der Waals surface area (Å²) < 4.78 is 0. The van der Waals surface area contributed by atoms with Crippen LogP contribution in [0.3, 0.4) is 0 Å². The molecule has 0 atom stereocenters. The van der Waals surface area contributed by atoms with Crippen LogP contribution < -0.4 is 11.5 Å². The Labute approximate surface area is 84.7 Å². The summed E-state index contributed by atoms with van der Waals surface area (Å²) in [5, 5.41) is 0. The zero-order valence-electron chi connectivity index (χ0n) is 8.39. The van der Waals surface area contributed by atoms with Crippen molar-refractivity contribution in [2.24, 2.45) is 5.73 Å². The summed E-state index contributed by atoms with van der Waals surface area (Å²) in [7, 11) is 0. The molecule has 0 aromatic carbocycles. The highest BCUT2D eigenvalue weighted by Gasteiger charge is 2.06. The molecule has 14 heavy (non-hydrogen) atoms. The van der Waals surface area contributed by atoms with E-state index >= 15 is 0 Å². The molecule has 78 valence electrons. The molecular formula is C10H18N4. The number of rotatable bonds is 0. The van der Waals surface area contributed by atoms with Crippen LogP contribution in [-0.2, 0) is 0 Å². The largest absolute Gasteiger partial charge is 0.384 e. The standard InChI is InChI=1S/C6H13N.C4H5N3/c7-6-4-2-1-3-5-6;5-4-1-2-6-3-7-4/h6H,1-5,7H2;1-3H,(H2,5,6,7). The summed E-state index contributed by atoms with van der Waals surface area (Å²) in [5.41, 5.74) is 10.8. The Morgan fingerprint density at radius 1 is 1.21 bits per heavy atom. The number of nitrogen functional groups attached to an aromatic ring is 1. The number of nitrogens with two attached hydrogens (primary N) is 2. The minimum absolute atomic E-state index is 0.509. The molecule has 1 aliphatic rings. The molecule has 0 spiro atoms. The molecule has 1 fully saturated rings. The van der Waals surface area contributed by atoms with E-state index in [1.165, 1.54) is 38.4 Å². The fraction of sp³-hybridized carbons (Fsp3) is 0.600. The van der Waals surface area contributed by atoms with Crippen molar-refractivity contribution in [1.82, 2.24) is 9.97 Å². The topological polar surface area (TPSA) is 77.8 Å². The van der Waals surface area contributed by atoms with E-state index in [9.17, 15) is 0 Å². The Morgan fingerprint density at radius 2 is 1.93 bits per heavy atom. The molecule has 0 saturated heterocycles. The van der Waals surface area contributed by atoms with Crippen molar-refractivity contribution in [2.75, 3.05) is 5.73 Å². The predicted molar refractivity (Wildman–Crippen MR) is 57.5 cm³/mol. The van der Waals surface area contributed by atoms with Gasteiger partial charge in [-0.25, -0.2) is 9.97 Å². The summed E-state index contributed by atoms with van der Waals surface area (Å²) >= 11 is 0. The first kappa shape index (κ1) is 10.9. The smallest absolute Gasteiger partial charge is 0.126 e. The molecule has 0 unspecified atom stereocenters. The Morgan fingerprint density at radius 3 is 2.21 bits per heavy atom. The highest BCUT2D eigenvalue weighted by atomic mass is 14.9. The summed E-state index contributed by atoms with van der Waals surface area (Å²) in [6, 6.07) is 2.17. The van der Waals surface area contributed by atoms with E-state index in [0.29, 0.717) is 11.9 Å². The van der Waals surface area contributed by atoms with Gasteiger partial charge >= 0.3 is 0 Å². The predicted octanol–water partition coefficient (Wildman–Crippen LogP) is 1.34. The van der Waals surface area contributed by atoms with E-state index in [0.717, 1.165) is 0 Å². The van der Waals surface area contributed by atoms with Gasteiger partial charge in [0, 0.05) is 12.2 Å². The third kappa shape index (κ3) is 4.77. The molecule has 4 nitrogen and oxygen atoms in total. The van der Waals surface area contributed by atoms with Crippen LogP contribution in [0.25, 0.3) is 0 Å². The van der Waals surface area contributed by atoms with E-state index < -0.39 is 0 Å². The van der Waals surface area contributed by atoms with Crippen LogP contribution in [0.5, 0.6) is 0 Å². The van der Waals surface area contributed by atoms with Gasteiger partial charge in [-0.1, -0.05) is 19.3 Å². The number of hydrogen-bond donors (Lipinski definition) is 2. The van der Waals surface area contributed by atoms with Crippen molar-refractivity contribution < 1.29 is 0 Å². The van der Waals surface area contributed by atoms with Crippen LogP contribution in [0.15, 0.2) is 18.6 Å². The van der Waals surface area contributed by atoms with Crippen LogP contribution in [0.2, 0.25) is 0 Å². The van der Waals surface area contributed by atoms with Gasteiger partial charge in [-0.3, -0.25) is 0 Å². The Hall–Kier alpha value is -1.16. The zero-order valence-corrected chi connectivity index (χ0v) is 8.39. The molecule has 4 heteroatoms. The van der Waals surface area contributed by atoms with Gasteiger partial charge in [0.25, 0.3) is 0 Å². The lowest BCUT2D eigenvalue weighted by Crippen LogP contribution is -2.22. The molecule has 1 aromatic rings. The highest BCUT2D eigenvalue weighted by molar-refractivity contribution is 5.22. The second kappa shape index (κ2) is 6.32. The normalized spacial score (nSPS) is 16.9. The SMILES string of the molecule is NC1CCCCC1.Nc1ccncn1. The molecule has 1 aromatic heterocycles. The maximum atomic E-state index is 5.63. The number of nitrogens with zero attached hydrogens (tertiary/aromatic N) is 2. The first-order valence-corrected chi connectivity index (χ1v) is 5.06. The van der Waals surface area contributed by atoms with Gasteiger partial charge in [0.15, 0.2) is 0 Å². The van der Waals surface area contributed by atoms with E-state index in [1.807, 2.05) is 0 Å². The van der Waals surface area contributed by atoms with Crippen molar-refractivity contribution in [3.8, 4) is 0 Å². The zero-order chi connectivity index (χ0) is 10.2. The van der Waals surface area contributed by atoms with Crippen molar-refractivity contribution in [2.45, 2.75) is 38.1 Å². The fourth-order valence-corrected chi connectivity index (χ4v) is 1.44. The Kier molecular flexibility index (Phi) is 4.93. The average molecular weight is 194 g/mol. The molecule has 2 rings (SSSR count). The number of hydrogen-bond acceptors (Lipinski definition) is 4. The fourth-order valence-electron chi connectivity index (χ4n) is 1.44. The Balaban J connectivity index is 0.000000140. The second-order valence-corrected chi connectivity index (χ2v) is 3.53. The molecule has 1 saturated carbocycles. The van der Waals surface area contributed by atoms with Crippen molar-refractivity contribution in [1.29, 1.82) is 0 Å². The minimum atomic E-state index is 0.509. The van der Waals surface area contributed by atoms with E-state index in [1.54, 1.807) is 12.3 Å². The first-order valence-electron chi connectivity index (χ1n) is 5.06. The maximum absolute atomic E-state index is 5.63. The van der Waals surface area contributed by atoms with Crippen LogP contribution in [0, 0.1) is 0 Å². The maximum Gasteiger partial charge on any atom is 0.126 e. The molecule has 0 aliphatic heterocycles. The van der Waals surface area contributed by atoms with Gasteiger partial charge in [-0.15, -0.1) is 0 Å². The quantitative estimate of drug-likeness (QED) is 0.653. The summed E-state index contributed by atoms with van der Waals surface area (Å²) in [5.74, 6) is 0.509. The molecule has 0 bridgehead atoms. The lowest BCUT2D eigenvalue weighted by atomic mass is 9.97. The van der Waals surface area contributed by atoms with Crippen LogP contribution in [0.4, 0.5) is 5.82 Å². The van der Waals surface area contributed by atoms with Gasteiger partial charge in [-0.2, -0.15) is 0 Å². The van der Waals surface area contributed by atoms with E-state index in [-0.39, 0.29) is 0 Å². The summed E-state index contributed by atoms with van der Waals surface area (Å²) in [6.45, 7) is 0. The molecule has 4 N–H and O–H groups in total. The summed E-state index contributed by atoms with van der Waals surface area (Å²) in [4.78, 5) is 7.30. The molecular weight excluding hydrogens is 176 g/mol.